The summed E-state index contributed by atoms with van der Waals surface area (Å²) < 4.78 is 2.33. The summed E-state index contributed by atoms with van der Waals surface area (Å²) in [6.07, 6.45) is 3.30. The van der Waals surface area contributed by atoms with Crippen LogP contribution in [0.4, 0.5) is 0 Å². The Kier molecular flexibility index (Phi) is 3.70. The second kappa shape index (κ2) is 5.48. The van der Waals surface area contributed by atoms with E-state index < -0.39 is 5.97 Å². The first-order valence-electron chi connectivity index (χ1n) is 7.02. The number of hydrogen-bond acceptors (Lipinski definition) is 3. The van der Waals surface area contributed by atoms with E-state index in [2.05, 4.69) is 16.5 Å². The molecule has 1 saturated heterocycles. The summed E-state index contributed by atoms with van der Waals surface area (Å²) in [5.41, 5.74) is 2.18. The molecule has 0 amide bonds. The summed E-state index contributed by atoms with van der Waals surface area (Å²) in [5.74, 6) is 2.54. The molecule has 1 unspecified atom stereocenters. The average molecular weight is 290 g/mol. The van der Waals surface area contributed by atoms with Crippen molar-refractivity contribution < 1.29 is 9.90 Å². The van der Waals surface area contributed by atoms with Crippen molar-refractivity contribution in [2.24, 2.45) is 0 Å². The average Bonchev–Trinajstić information content (AvgIpc) is 2.85. The van der Waals surface area contributed by atoms with E-state index in [1.165, 1.54) is 18.6 Å². The van der Waals surface area contributed by atoms with Crippen LogP contribution < -0.4 is 0 Å². The SMILES string of the molecule is CCc1nc2cc(C(=O)O)ccc2n1C1CCCSC1. The van der Waals surface area contributed by atoms with Gasteiger partial charge in [-0.2, -0.15) is 11.8 Å². The van der Waals surface area contributed by atoms with E-state index in [-0.39, 0.29) is 0 Å². The first kappa shape index (κ1) is 13.5. The second-order valence-corrected chi connectivity index (χ2v) is 6.28. The third-order valence-corrected chi connectivity index (χ3v) is 5.02. The number of aromatic carboxylic acids is 1. The van der Waals surface area contributed by atoms with Crippen molar-refractivity contribution in [2.45, 2.75) is 32.2 Å². The Morgan fingerprint density at radius 2 is 2.40 bits per heavy atom. The van der Waals surface area contributed by atoms with E-state index in [0.29, 0.717) is 11.6 Å². The van der Waals surface area contributed by atoms with Crippen LogP contribution in [-0.4, -0.2) is 32.1 Å². The van der Waals surface area contributed by atoms with Gasteiger partial charge in [-0.05, 0) is 36.8 Å². The largest absolute Gasteiger partial charge is 0.478 e. The number of carbonyl (C=O) groups is 1. The van der Waals surface area contributed by atoms with Crippen LogP contribution in [0.2, 0.25) is 0 Å². The number of rotatable bonds is 3. The van der Waals surface area contributed by atoms with Gasteiger partial charge in [0.25, 0.3) is 0 Å². The number of aryl methyl sites for hydroxylation is 1. The molecule has 1 aromatic heterocycles. The molecule has 1 fully saturated rings. The van der Waals surface area contributed by atoms with Crippen LogP contribution in [0.15, 0.2) is 18.2 Å². The zero-order chi connectivity index (χ0) is 14.1. The van der Waals surface area contributed by atoms with Gasteiger partial charge >= 0.3 is 5.97 Å². The molecule has 20 heavy (non-hydrogen) atoms. The standard InChI is InChI=1S/C15H18N2O2S/c1-2-14-16-12-8-10(15(18)19)5-6-13(12)17(14)11-4-3-7-20-9-11/h5-6,8,11H,2-4,7,9H2,1H3,(H,18,19). The van der Waals surface area contributed by atoms with E-state index in [1.54, 1.807) is 12.1 Å². The van der Waals surface area contributed by atoms with E-state index in [4.69, 9.17) is 5.11 Å². The highest BCUT2D eigenvalue weighted by Gasteiger charge is 2.21. The smallest absolute Gasteiger partial charge is 0.335 e. The molecule has 1 atom stereocenters. The number of fused-ring (bicyclic) bond motifs is 1. The molecule has 0 saturated carbocycles. The van der Waals surface area contributed by atoms with E-state index in [9.17, 15) is 4.79 Å². The zero-order valence-electron chi connectivity index (χ0n) is 11.5. The van der Waals surface area contributed by atoms with Gasteiger partial charge in [-0.3, -0.25) is 0 Å². The number of hydrogen-bond donors (Lipinski definition) is 1. The summed E-state index contributed by atoms with van der Waals surface area (Å²) in [4.78, 5) is 15.7. The van der Waals surface area contributed by atoms with E-state index >= 15 is 0 Å². The molecule has 5 heteroatoms. The van der Waals surface area contributed by atoms with Gasteiger partial charge in [-0.25, -0.2) is 9.78 Å². The summed E-state index contributed by atoms with van der Waals surface area (Å²) in [6, 6.07) is 5.76. The molecular formula is C15H18N2O2S. The lowest BCUT2D eigenvalue weighted by atomic mass is 10.1. The molecule has 0 aliphatic carbocycles. The first-order chi connectivity index (χ1) is 9.70. The minimum Gasteiger partial charge on any atom is -0.478 e. The lowest BCUT2D eigenvalue weighted by molar-refractivity contribution is 0.0697. The van der Waals surface area contributed by atoms with Crippen molar-refractivity contribution in [1.82, 2.24) is 9.55 Å². The fourth-order valence-corrected chi connectivity index (χ4v) is 3.99. The lowest BCUT2D eigenvalue weighted by Gasteiger charge is -2.25. The maximum atomic E-state index is 11.1. The van der Waals surface area contributed by atoms with Gasteiger partial charge in [0.15, 0.2) is 0 Å². The monoisotopic (exact) mass is 290 g/mol. The summed E-state index contributed by atoms with van der Waals surface area (Å²) in [5, 5.41) is 9.09. The van der Waals surface area contributed by atoms with Gasteiger partial charge in [-0.15, -0.1) is 0 Å². The number of thioether (sulfide) groups is 1. The Balaban J connectivity index is 2.11. The molecule has 2 aromatic rings. The molecule has 3 rings (SSSR count). The van der Waals surface area contributed by atoms with Crippen LogP contribution in [0.1, 0.15) is 42.0 Å². The fourth-order valence-electron chi connectivity index (χ4n) is 2.87. The number of aromatic nitrogens is 2. The highest BCUT2D eigenvalue weighted by molar-refractivity contribution is 7.99. The number of carboxylic acids is 1. The normalized spacial score (nSPS) is 19.4. The Labute approximate surface area is 122 Å². The fraction of sp³-hybridized carbons (Fsp3) is 0.467. The summed E-state index contributed by atoms with van der Waals surface area (Å²) in [7, 11) is 0. The van der Waals surface area contributed by atoms with E-state index in [1.807, 2.05) is 17.8 Å². The minimum absolute atomic E-state index is 0.308. The number of imidazole rings is 1. The first-order valence-corrected chi connectivity index (χ1v) is 8.18. The van der Waals surface area contributed by atoms with Crippen LogP contribution in [0.25, 0.3) is 11.0 Å². The minimum atomic E-state index is -0.896. The van der Waals surface area contributed by atoms with Crippen molar-refractivity contribution in [1.29, 1.82) is 0 Å². The lowest BCUT2D eigenvalue weighted by Crippen LogP contribution is -2.18. The maximum absolute atomic E-state index is 11.1. The molecule has 1 aliphatic heterocycles. The van der Waals surface area contributed by atoms with Gasteiger partial charge in [-0.1, -0.05) is 6.92 Å². The molecule has 0 bridgehead atoms. The Morgan fingerprint density at radius 1 is 1.55 bits per heavy atom. The summed E-state index contributed by atoms with van der Waals surface area (Å²) >= 11 is 1.99. The van der Waals surface area contributed by atoms with Crippen LogP contribution in [-0.2, 0) is 6.42 Å². The highest BCUT2D eigenvalue weighted by Crippen LogP contribution is 2.31. The Hall–Kier alpha value is -1.49. The maximum Gasteiger partial charge on any atom is 0.335 e. The van der Waals surface area contributed by atoms with Gasteiger partial charge in [0.1, 0.15) is 5.82 Å². The van der Waals surface area contributed by atoms with Gasteiger partial charge < -0.3 is 9.67 Å². The molecule has 0 radical (unpaired) electrons. The second-order valence-electron chi connectivity index (χ2n) is 5.13. The van der Waals surface area contributed by atoms with Crippen molar-refractivity contribution in [3.63, 3.8) is 0 Å². The topological polar surface area (TPSA) is 55.1 Å². The van der Waals surface area contributed by atoms with Crippen molar-refractivity contribution >= 4 is 28.8 Å². The third kappa shape index (κ3) is 2.30. The van der Waals surface area contributed by atoms with Crippen molar-refractivity contribution in [2.75, 3.05) is 11.5 Å². The number of carboxylic acid groups (broad SMARTS) is 1. The number of benzene rings is 1. The van der Waals surface area contributed by atoms with E-state index in [0.717, 1.165) is 29.0 Å². The van der Waals surface area contributed by atoms with Crippen molar-refractivity contribution in [3.05, 3.63) is 29.6 Å². The molecule has 0 spiro atoms. The predicted molar refractivity (Wildman–Crippen MR) is 81.7 cm³/mol. The third-order valence-electron chi connectivity index (χ3n) is 3.83. The molecule has 2 heterocycles. The molecular weight excluding hydrogens is 272 g/mol. The van der Waals surface area contributed by atoms with Gasteiger partial charge in [0.05, 0.1) is 16.6 Å². The van der Waals surface area contributed by atoms with Crippen LogP contribution in [0.3, 0.4) is 0 Å². The van der Waals surface area contributed by atoms with Crippen LogP contribution in [0.5, 0.6) is 0 Å². The van der Waals surface area contributed by atoms with Gasteiger partial charge in [0, 0.05) is 18.2 Å². The molecule has 1 aromatic carbocycles. The van der Waals surface area contributed by atoms with Crippen LogP contribution >= 0.6 is 11.8 Å². The predicted octanol–water partition coefficient (Wildman–Crippen LogP) is 3.37. The molecule has 4 nitrogen and oxygen atoms in total. The molecule has 1 aliphatic rings. The highest BCUT2D eigenvalue weighted by atomic mass is 32.2. The quantitative estimate of drug-likeness (QED) is 0.941. The number of nitrogens with zero attached hydrogens (tertiary/aromatic N) is 2. The molecule has 106 valence electrons. The Morgan fingerprint density at radius 3 is 3.05 bits per heavy atom. The van der Waals surface area contributed by atoms with Gasteiger partial charge in [0.2, 0.25) is 0 Å². The van der Waals surface area contributed by atoms with Crippen LogP contribution in [0, 0.1) is 0 Å². The Bertz CT molecular complexity index is 645. The molecule has 1 N–H and O–H groups in total. The zero-order valence-corrected chi connectivity index (χ0v) is 12.3. The summed E-state index contributed by atoms with van der Waals surface area (Å²) in [6.45, 7) is 2.10. The van der Waals surface area contributed by atoms with Crippen molar-refractivity contribution in [3.8, 4) is 0 Å².